The molecule has 8 heteroatoms. The van der Waals surface area contributed by atoms with E-state index in [1.54, 1.807) is 13.2 Å². The summed E-state index contributed by atoms with van der Waals surface area (Å²) in [5, 5.41) is 18.2. The van der Waals surface area contributed by atoms with Gasteiger partial charge < -0.3 is 14.8 Å². The molecule has 2 aromatic carbocycles. The van der Waals surface area contributed by atoms with Gasteiger partial charge in [0.2, 0.25) is 5.16 Å². The number of H-pyrrole nitrogens is 2. The van der Waals surface area contributed by atoms with Crippen LogP contribution in [0.3, 0.4) is 0 Å². The van der Waals surface area contributed by atoms with Gasteiger partial charge in [-0.05, 0) is 35.9 Å². The summed E-state index contributed by atoms with van der Waals surface area (Å²) in [6, 6.07) is 15.5. The number of methoxy groups -OCH3 is 1. The van der Waals surface area contributed by atoms with Crippen LogP contribution in [0.25, 0.3) is 28.2 Å². The minimum absolute atomic E-state index is 0.128. The average Bonchev–Trinajstić information content (AvgIpc) is 3.38. The highest BCUT2D eigenvalue weighted by atomic mass is 32.2. The number of hydrogen-bond acceptors (Lipinski definition) is 5. The van der Waals surface area contributed by atoms with Crippen LogP contribution < -0.4 is 4.74 Å². The number of aliphatic carboxylic acids is 1. The second-order valence-corrected chi connectivity index (χ2v) is 7.90. The number of nitrogens with zero attached hydrogens (tertiary/aromatic N) is 2. The third-order valence-electron chi connectivity index (χ3n) is 4.80. The molecule has 2 aromatic heterocycles. The number of carboxylic acid groups (broad SMARTS) is 1. The molecule has 7 nitrogen and oxygen atoms in total. The number of aromatic amines is 2. The number of thioether (sulfide) groups is 1. The first kappa shape index (κ1) is 20.7. The first-order chi connectivity index (χ1) is 15.1. The van der Waals surface area contributed by atoms with Crippen molar-refractivity contribution < 1.29 is 14.6 Å². The van der Waals surface area contributed by atoms with E-state index < -0.39 is 5.97 Å². The van der Waals surface area contributed by atoms with E-state index in [0.717, 1.165) is 58.2 Å². The first-order valence-electron chi connectivity index (χ1n) is 9.89. The molecule has 0 atom stereocenters. The maximum absolute atomic E-state index is 12.1. The summed E-state index contributed by atoms with van der Waals surface area (Å²) in [6.45, 7) is 2.05. The number of ether oxygens (including phenoxy) is 1. The highest BCUT2D eigenvalue weighted by Crippen LogP contribution is 2.37. The van der Waals surface area contributed by atoms with Crippen molar-refractivity contribution in [1.29, 1.82) is 0 Å². The van der Waals surface area contributed by atoms with Crippen LogP contribution in [0.5, 0.6) is 5.75 Å². The molecular formula is C23H22N4O3S. The van der Waals surface area contributed by atoms with Gasteiger partial charge in [0.25, 0.3) is 0 Å². The Kier molecular flexibility index (Phi) is 6.08. The van der Waals surface area contributed by atoms with Gasteiger partial charge in [-0.3, -0.25) is 5.10 Å². The van der Waals surface area contributed by atoms with Crippen LogP contribution in [0.1, 0.15) is 24.7 Å². The van der Waals surface area contributed by atoms with Crippen molar-refractivity contribution in [2.24, 2.45) is 0 Å². The summed E-state index contributed by atoms with van der Waals surface area (Å²) in [7, 11) is 1.61. The summed E-state index contributed by atoms with van der Waals surface area (Å²) < 4.78 is 5.51. The molecule has 0 spiro atoms. The van der Waals surface area contributed by atoms with Crippen molar-refractivity contribution in [2.75, 3.05) is 7.11 Å². The highest BCUT2D eigenvalue weighted by Gasteiger charge is 2.19. The second-order valence-electron chi connectivity index (χ2n) is 6.89. The molecule has 0 radical (unpaired) electrons. The lowest BCUT2D eigenvalue weighted by molar-refractivity contribution is -0.131. The molecular weight excluding hydrogens is 412 g/mol. The van der Waals surface area contributed by atoms with Crippen LogP contribution in [-0.2, 0) is 11.2 Å². The average molecular weight is 435 g/mol. The summed E-state index contributed by atoms with van der Waals surface area (Å²) in [5.74, 6) is 0.400. The molecule has 0 bridgehead atoms. The smallest absolute Gasteiger partial charge is 0.342 e. The molecule has 4 rings (SSSR count). The van der Waals surface area contributed by atoms with Crippen molar-refractivity contribution in [3.63, 3.8) is 0 Å². The quantitative estimate of drug-likeness (QED) is 0.262. The Morgan fingerprint density at radius 3 is 2.71 bits per heavy atom. The predicted octanol–water partition coefficient (Wildman–Crippen LogP) is 5.13. The van der Waals surface area contributed by atoms with Crippen molar-refractivity contribution >= 4 is 34.7 Å². The number of nitrogens with one attached hydrogen (secondary N) is 2. The van der Waals surface area contributed by atoms with E-state index >= 15 is 0 Å². The van der Waals surface area contributed by atoms with Gasteiger partial charge in [0.1, 0.15) is 16.5 Å². The number of rotatable bonds is 8. The molecule has 0 aliphatic carbocycles. The van der Waals surface area contributed by atoms with Gasteiger partial charge in [-0.2, -0.15) is 0 Å². The second kappa shape index (κ2) is 9.09. The van der Waals surface area contributed by atoms with Gasteiger partial charge in [-0.25, -0.2) is 9.78 Å². The van der Waals surface area contributed by atoms with Crippen molar-refractivity contribution in [3.8, 4) is 17.0 Å². The lowest BCUT2D eigenvalue weighted by Crippen LogP contribution is -1.97. The standard InChI is InChI=1S/C23H22N4O3S/c1-3-8-19-24-23(27-26-19)31-18(22(28)29)13-16-15-11-7-12-17(30-2)21(15)25-20(16)14-9-5-4-6-10-14/h4-7,9-13,25H,3,8H2,1-2H3,(H,28,29)(H,24,26,27)/b18-13-. The van der Waals surface area contributed by atoms with Crippen LogP contribution in [0.2, 0.25) is 0 Å². The van der Waals surface area contributed by atoms with Crippen LogP contribution in [0, 0.1) is 0 Å². The van der Waals surface area contributed by atoms with Gasteiger partial charge in [-0.15, -0.1) is 5.10 Å². The number of hydrogen-bond donors (Lipinski definition) is 3. The number of para-hydroxylation sites is 1. The fourth-order valence-corrected chi connectivity index (χ4v) is 4.11. The Morgan fingerprint density at radius 1 is 1.19 bits per heavy atom. The normalized spacial score (nSPS) is 11.7. The molecule has 0 amide bonds. The van der Waals surface area contributed by atoms with Crippen LogP contribution in [-0.4, -0.2) is 38.4 Å². The number of carbonyl (C=O) groups is 1. The van der Waals surface area contributed by atoms with E-state index in [1.165, 1.54) is 0 Å². The summed E-state index contributed by atoms with van der Waals surface area (Å²) in [4.78, 5) is 20.0. The van der Waals surface area contributed by atoms with Gasteiger partial charge in [-0.1, -0.05) is 49.4 Å². The van der Waals surface area contributed by atoms with E-state index in [4.69, 9.17) is 4.74 Å². The minimum Gasteiger partial charge on any atom is -0.495 e. The summed E-state index contributed by atoms with van der Waals surface area (Å²) in [6.07, 6.45) is 3.36. The zero-order chi connectivity index (χ0) is 21.8. The fourth-order valence-electron chi connectivity index (χ4n) is 3.40. The Balaban J connectivity index is 1.85. The number of carboxylic acids is 1. The first-order valence-corrected chi connectivity index (χ1v) is 10.7. The van der Waals surface area contributed by atoms with E-state index in [1.807, 2.05) is 55.5 Å². The molecule has 0 aliphatic heterocycles. The monoisotopic (exact) mass is 434 g/mol. The molecule has 0 unspecified atom stereocenters. The molecule has 0 saturated carbocycles. The maximum Gasteiger partial charge on any atom is 0.342 e. The number of aryl methyl sites for hydroxylation is 1. The number of aromatic nitrogens is 4. The van der Waals surface area contributed by atoms with E-state index in [0.29, 0.717) is 10.9 Å². The lowest BCUT2D eigenvalue weighted by Gasteiger charge is -2.03. The molecule has 2 heterocycles. The molecule has 158 valence electrons. The Hall–Kier alpha value is -3.52. The van der Waals surface area contributed by atoms with Crippen LogP contribution in [0.4, 0.5) is 0 Å². The highest BCUT2D eigenvalue weighted by molar-refractivity contribution is 8.04. The molecule has 0 saturated heterocycles. The Labute approximate surface area is 183 Å². The number of benzene rings is 2. The zero-order valence-electron chi connectivity index (χ0n) is 17.2. The van der Waals surface area contributed by atoms with E-state index in [2.05, 4.69) is 20.2 Å². The Morgan fingerprint density at radius 2 is 2.00 bits per heavy atom. The third kappa shape index (κ3) is 4.34. The van der Waals surface area contributed by atoms with Gasteiger partial charge in [0, 0.05) is 17.4 Å². The van der Waals surface area contributed by atoms with E-state index in [-0.39, 0.29) is 4.91 Å². The third-order valence-corrected chi connectivity index (χ3v) is 5.68. The zero-order valence-corrected chi connectivity index (χ0v) is 18.0. The van der Waals surface area contributed by atoms with Gasteiger partial charge in [0.15, 0.2) is 0 Å². The topological polar surface area (TPSA) is 104 Å². The predicted molar refractivity (Wildman–Crippen MR) is 122 cm³/mol. The molecule has 31 heavy (non-hydrogen) atoms. The maximum atomic E-state index is 12.1. The summed E-state index contributed by atoms with van der Waals surface area (Å²) >= 11 is 1.03. The van der Waals surface area contributed by atoms with Gasteiger partial charge in [0.05, 0.1) is 18.3 Å². The van der Waals surface area contributed by atoms with E-state index in [9.17, 15) is 9.90 Å². The number of fused-ring (bicyclic) bond motifs is 1. The van der Waals surface area contributed by atoms with Gasteiger partial charge >= 0.3 is 5.97 Å². The lowest BCUT2D eigenvalue weighted by atomic mass is 10.0. The Bertz CT molecular complexity index is 1240. The molecule has 4 aromatic rings. The molecule has 0 aliphatic rings. The van der Waals surface area contributed by atoms with Crippen molar-refractivity contribution in [2.45, 2.75) is 24.9 Å². The SMILES string of the molecule is CCCc1nc(S/C(=C\c2c(-c3ccccc3)[nH]c3c(OC)cccc23)C(=O)O)n[nH]1. The van der Waals surface area contributed by atoms with Crippen LogP contribution >= 0.6 is 11.8 Å². The fraction of sp³-hybridized carbons (Fsp3) is 0.174. The molecule has 3 N–H and O–H groups in total. The largest absolute Gasteiger partial charge is 0.495 e. The van der Waals surface area contributed by atoms with Crippen molar-refractivity contribution in [1.82, 2.24) is 20.2 Å². The minimum atomic E-state index is -1.04. The van der Waals surface area contributed by atoms with Crippen LogP contribution in [0.15, 0.2) is 58.6 Å². The summed E-state index contributed by atoms with van der Waals surface area (Å²) in [5.41, 5.74) is 3.35. The molecule has 0 fully saturated rings. The van der Waals surface area contributed by atoms with Crippen molar-refractivity contribution in [3.05, 3.63) is 64.8 Å².